The molecule has 0 saturated carbocycles. The summed E-state index contributed by atoms with van der Waals surface area (Å²) in [4.78, 5) is 25.2. The molecule has 2 aromatic carbocycles. The first-order valence-corrected chi connectivity index (χ1v) is 13.7. The van der Waals surface area contributed by atoms with Crippen molar-refractivity contribution in [3.8, 4) is 0 Å². The van der Waals surface area contributed by atoms with Crippen LogP contribution < -0.4 is 9.47 Å². The normalized spacial score (nSPS) is 14.1. The number of carbonyl (C=O) groups is 2. The summed E-state index contributed by atoms with van der Waals surface area (Å²) in [6.45, 7) is 1.38. The molecule has 0 spiro atoms. The van der Waals surface area contributed by atoms with Gasteiger partial charge in [0.25, 0.3) is 5.01 Å². The highest BCUT2D eigenvalue weighted by molar-refractivity contribution is 8.03. The zero-order chi connectivity index (χ0) is 24.9. The number of anilines is 1. The monoisotopic (exact) mass is 551 g/mol. The topological polar surface area (TPSA) is 81.7 Å². The molecule has 0 radical (unpaired) electrons. The fourth-order valence-electron chi connectivity index (χ4n) is 4.02. The Morgan fingerprint density at radius 2 is 1.63 bits per heavy atom. The van der Waals surface area contributed by atoms with E-state index < -0.39 is 11.9 Å². The number of hydrogen-bond acceptors (Lipinski definition) is 5. The SMILES string of the molecule is O=C(O)CCCCN1C(=Cc2sc3ccc(Cl)cc3[n+]2CCCCC(=O)O)Sc2ccc(Cl)cc21. The van der Waals surface area contributed by atoms with Crippen LogP contribution in [-0.2, 0) is 16.1 Å². The predicted molar refractivity (Wildman–Crippen MR) is 143 cm³/mol. The summed E-state index contributed by atoms with van der Waals surface area (Å²) in [5.74, 6) is -1.57. The van der Waals surface area contributed by atoms with E-state index in [0.29, 0.717) is 36.0 Å². The number of aliphatic carboxylic acids is 2. The summed E-state index contributed by atoms with van der Waals surface area (Å²) in [7, 11) is 0. The van der Waals surface area contributed by atoms with Crippen molar-refractivity contribution < 1.29 is 24.4 Å². The Bertz CT molecular complexity index is 1290. The molecule has 10 heteroatoms. The number of hydrogen-bond donors (Lipinski definition) is 2. The Labute approximate surface area is 221 Å². The van der Waals surface area contributed by atoms with Gasteiger partial charge in [0, 0.05) is 46.8 Å². The molecule has 6 nitrogen and oxygen atoms in total. The molecule has 184 valence electrons. The number of aromatic nitrogens is 1. The standard InChI is InChI=1S/C25H24Cl2N2O4S2/c26-16-7-9-20-18(13-16)28(11-3-1-5-24(30)31)22(34-20)15-23-29(12-4-2-6-25(32)33)19-14-17(27)8-10-21(19)35-23/h7-10,13-15H,1-6,11-12H2,(H-,30,31,32,33)/p+1. The van der Waals surface area contributed by atoms with E-state index in [1.54, 1.807) is 23.1 Å². The smallest absolute Gasteiger partial charge is 0.303 e. The van der Waals surface area contributed by atoms with Crippen LogP contribution in [0.25, 0.3) is 16.3 Å². The summed E-state index contributed by atoms with van der Waals surface area (Å²) in [6.07, 6.45) is 5.15. The van der Waals surface area contributed by atoms with Crippen LogP contribution >= 0.6 is 46.3 Å². The molecule has 2 N–H and O–H groups in total. The fourth-order valence-corrected chi connectivity index (χ4v) is 6.64. The Morgan fingerprint density at radius 1 is 0.943 bits per heavy atom. The minimum atomic E-state index is -0.784. The molecule has 0 unspecified atom stereocenters. The number of carboxylic acid groups (broad SMARTS) is 2. The number of fused-ring (bicyclic) bond motifs is 2. The van der Waals surface area contributed by atoms with Crippen molar-refractivity contribution >= 4 is 80.2 Å². The number of carboxylic acids is 2. The molecule has 0 amide bonds. The second-order valence-electron chi connectivity index (χ2n) is 8.25. The Morgan fingerprint density at radius 3 is 2.37 bits per heavy atom. The molecular formula is C25H25Cl2N2O4S2+. The third-order valence-electron chi connectivity index (χ3n) is 5.68. The van der Waals surface area contributed by atoms with Crippen molar-refractivity contribution in [2.75, 3.05) is 11.4 Å². The lowest BCUT2D eigenvalue weighted by atomic mass is 10.2. The molecule has 0 bridgehead atoms. The Hall–Kier alpha value is -2.26. The quantitative estimate of drug-likeness (QED) is 0.199. The van der Waals surface area contributed by atoms with Crippen LogP contribution in [0, 0.1) is 0 Å². The lowest BCUT2D eigenvalue weighted by molar-refractivity contribution is -0.669. The van der Waals surface area contributed by atoms with Gasteiger partial charge in [0.05, 0.1) is 16.8 Å². The van der Waals surface area contributed by atoms with Crippen LogP contribution in [0.1, 0.15) is 43.5 Å². The average Bonchev–Trinajstić information content (AvgIpc) is 3.31. The largest absolute Gasteiger partial charge is 0.481 e. The highest BCUT2D eigenvalue weighted by atomic mass is 35.5. The maximum atomic E-state index is 10.9. The van der Waals surface area contributed by atoms with Crippen molar-refractivity contribution in [2.45, 2.75) is 50.0 Å². The van der Waals surface area contributed by atoms with Crippen molar-refractivity contribution in [2.24, 2.45) is 0 Å². The van der Waals surface area contributed by atoms with Gasteiger partial charge in [0.2, 0.25) is 5.52 Å². The zero-order valence-corrected chi connectivity index (χ0v) is 22.0. The van der Waals surface area contributed by atoms with E-state index in [4.69, 9.17) is 33.4 Å². The summed E-state index contributed by atoms with van der Waals surface area (Å²) in [5.41, 5.74) is 2.06. The molecule has 0 saturated heterocycles. The molecule has 4 rings (SSSR count). The molecule has 1 aliphatic rings. The van der Waals surface area contributed by atoms with Gasteiger partial charge >= 0.3 is 11.9 Å². The van der Waals surface area contributed by atoms with Gasteiger partial charge in [-0.15, -0.1) is 0 Å². The molecule has 0 aliphatic carbocycles. The first-order valence-electron chi connectivity index (χ1n) is 11.3. The first-order chi connectivity index (χ1) is 16.8. The summed E-state index contributed by atoms with van der Waals surface area (Å²) < 4.78 is 3.32. The highest BCUT2D eigenvalue weighted by Crippen LogP contribution is 2.48. The van der Waals surface area contributed by atoms with Crippen LogP contribution in [0.15, 0.2) is 46.3 Å². The summed E-state index contributed by atoms with van der Waals surface area (Å²) in [5, 5.41) is 21.4. The number of nitrogens with zero attached hydrogens (tertiary/aromatic N) is 2. The number of aryl methyl sites for hydroxylation is 1. The van der Waals surface area contributed by atoms with E-state index in [9.17, 15) is 9.59 Å². The van der Waals surface area contributed by atoms with E-state index in [-0.39, 0.29) is 12.8 Å². The third-order valence-corrected chi connectivity index (χ3v) is 8.37. The van der Waals surface area contributed by atoms with Crippen LogP contribution in [0.3, 0.4) is 0 Å². The number of unbranched alkanes of at least 4 members (excludes halogenated alkanes) is 2. The molecule has 2 heterocycles. The van der Waals surface area contributed by atoms with Gasteiger partial charge in [-0.25, -0.2) is 0 Å². The van der Waals surface area contributed by atoms with Gasteiger partial charge in [0.1, 0.15) is 4.70 Å². The predicted octanol–water partition coefficient (Wildman–Crippen LogP) is 6.92. The maximum Gasteiger partial charge on any atom is 0.303 e. The van der Waals surface area contributed by atoms with Gasteiger partial charge in [-0.1, -0.05) is 46.3 Å². The molecular weight excluding hydrogens is 527 g/mol. The van der Waals surface area contributed by atoms with Gasteiger partial charge in [-0.05, 0) is 49.6 Å². The van der Waals surface area contributed by atoms with Crippen LogP contribution in [0.4, 0.5) is 5.69 Å². The minimum absolute atomic E-state index is 0.149. The number of thiazole rings is 1. The fraction of sp³-hybridized carbons (Fsp3) is 0.320. The summed E-state index contributed by atoms with van der Waals surface area (Å²) in [6, 6.07) is 11.7. The van der Waals surface area contributed by atoms with Crippen molar-refractivity contribution in [1.82, 2.24) is 0 Å². The molecule has 1 aromatic heterocycles. The Balaban J connectivity index is 1.66. The van der Waals surface area contributed by atoms with Gasteiger partial charge < -0.3 is 15.1 Å². The number of benzene rings is 2. The molecule has 0 atom stereocenters. The van der Waals surface area contributed by atoms with Crippen LogP contribution in [-0.4, -0.2) is 28.7 Å². The molecule has 0 fully saturated rings. The summed E-state index contributed by atoms with van der Waals surface area (Å²) >= 11 is 15.9. The van der Waals surface area contributed by atoms with Crippen molar-refractivity contribution in [1.29, 1.82) is 0 Å². The first kappa shape index (κ1) is 25.8. The third kappa shape index (κ3) is 6.50. The second kappa shape index (κ2) is 11.6. The average molecular weight is 553 g/mol. The van der Waals surface area contributed by atoms with Gasteiger partial charge in [-0.3, -0.25) is 9.59 Å². The van der Waals surface area contributed by atoms with E-state index in [1.807, 2.05) is 36.4 Å². The van der Waals surface area contributed by atoms with Crippen molar-refractivity contribution in [3.05, 3.63) is 56.5 Å². The van der Waals surface area contributed by atoms with Gasteiger partial charge in [0.15, 0.2) is 6.54 Å². The van der Waals surface area contributed by atoms with E-state index in [1.165, 1.54) is 0 Å². The van der Waals surface area contributed by atoms with Crippen molar-refractivity contribution in [3.63, 3.8) is 0 Å². The molecule has 35 heavy (non-hydrogen) atoms. The second-order valence-corrected chi connectivity index (χ2v) is 11.3. The number of rotatable bonds is 11. The number of halogens is 2. The van der Waals surface area contributed by atoms with E-state index in [0.717, 1.165) is 43.7 Å². The molecule has 3 aromatic rings. The lowest BCUT2D eigenvalue weighted by Crippen LogP contribution is -2.35. The molecule has 1 aliphatic heterocycles. The minimum Gasteiger partial charge on any atom is -0.481 e. The van der Waals surface area contributed by atoms with Crippen LogP contribution in [0.5, 0.6) is 0 Å². The highest BCUT2D eigenvalue weighted by Gasteiger charge is 2.28. The zero-order valence-electron chi connectivity index (χ0n) is 18.9. The maximum absolute atomic E-state index is 10.9. The van der Waals surface area contributed by atoms with Gasteiger partial charge in [-0.2, -0.15) is 4.57 Å². The number of thioether (sulfide) groups is 1. The van der Waals surface area contributed by atoms with Crippen LogP contribution in [0.2, 0.25) is 10.0 Å². The van der Waals surface area contributed by atoms with E-state index >= 15 is 0 Å². The lowest BCUT2D eigenvalue weighted by Gasteiger charge is -2.20. The van der Waals surface area contributed by atoms with E-state index in [2.05, 4.69) is 15.5 Å². The Kier molecular flexibility index (Phi) is 8.59.